The number of morpholine rings is 1. The topological polar surface area (TPSA) is 64.0 Å². The fourth-order valence-corrected chi connectivity index (χ4v) is 5.05. The van der Waals surface area contributed by atoms with Gasteiger partial charge in [0, 0.05) is 36.9 Å². The summed E-state index contributed by atoms with van der Waals surface area (Å²) >= 11 is 6.03. The average Bonchev–Trinajstić information content (AvgIpc) is 3.36. The Kier molecular flexibility index (Phi) is 8.19. The largest absolute Gasteiger partial charge is 0.490 e. The van der Waals surface area contributed by atoms with Crippen LogP contribution in [0.2, 0.25) is 5.02 Å². The third kappa shape index (κ3) is 6.61. The Bertz CT molecular complexity index is 1420. The molecule has 0 radical (unpaired) electrons. The molecular formula is C31H32ClN3O4. The van der Waals surface area contributed by atoms with Gasteiger partial charge in [0.15, 0.2) is 0 Å². The zero-order valence-corrected chi connectivity index (χ0v) is 22.7. The third-order valence-corrected chi connectivity index (χ3v) is 7.32. The molecule has 1 atom stereocenters. The molecule has 1 saturated heterocycles. The van der Waals surface area contributed by atoms with E-state index < -0.39 is 5.60 Å². The fraction of sp³-hybridized carbons (Fsp3) is 0.290. The van der Waals surface area contributed by atoms with Gasteiger partial charge in [-0.25, -0.2) is 0 Å². The fourth-order valence-electron chi connectivity index (χ4n) is 4.93. The molecule has 7 nitrogen and oxygen atoms in total. The van der Waals surface area contributed by atoms with Gasteiger partial charge in [0.25, 0.3) is 0 Å². The molecule has 39 heavy (non-hydrogen) atoms. The van der Waals surface area contributed by atoms with Crippen LogP contribution in [0.3, 0.4) is 0 Å². The molecule has 0 bridgehead atoms. The van der Waals surface area contributed by atoms with Crippen LogP contribution in [0.15, 0.2) is 91.1 Å². The van der Waals surface area contributed by atoms with Crippen LogP contribution >= 0.6 is 11.6 Å². The number of hydrogen-bond acceptors (Lipinski definition) is 4. The van der Waals surface area contributed by atoms with Crippen molar-refractivity contribution in [3.05, 3.63) is 102 Å². The lowest BCUT2D eigenvalue weighted by Gasteiger charge is -2.42. The molecule has 1 unspecified atom stereocenters. The third-order valence-electron chi connectivity index (χ3n) is 7.06. The molecule has 0 saturated carbocycles. The van der Waals surface area contributed by atoms with Crippen molar-refractivity contribution in [3.8, 4) is 5.75 Å². The number of nitrogens with zero attached hydrogens (tertiary/aromatic N) is 3. The summed E-state index contributed by atoms with van der Waals surface area (Å²) in [6.07, 6.45) is 2.02. The second kappa shape index (κ2) is 11.9. The van der Waals surface area contributed by atoms with E-state index in [4.69, 9.17) is 21.1 Å². The van der Waals surface area contributed by atoms with Crippen molar-refractivity contribution in [2.24, 2.45) is 0 Å². The number of amides is 2. The zero-order valence-electron chi connectivity index (χ0n) is 22.0. The first-order chi connectivity index (χ1) is 18.9. The molecule has 2 heterocycles. The van der Waals surface area contributed by atoms with E-state index in [0.717, 1.165) is 16.5 Å². The Morgan fingerprint density at radius 2 is 1.74 bits per heavy atom. The van der Waals surface area contributed by atoms with Gasteiger partial charge >= 0.3 is 0 Å². The predicted molar refractivity (Wildman–Crippen MR) is 152 cm³/mol. The van der Waals surface area contributed by atoms with E-state index in [9.17, 15) is 9.59 Å². The number of halogens is 1. The van der Waals surface area contributed by atoms with Crippen LogP contribution in [0.1, 0.15) is 12.0 Å². The van der Waals surface area contributed by atoms with Crippen LogP contribution in [-0.2, 0) is 27.4 Å². The van der Waals surface area contributed by atoms with E-state index in [1.54, 1.807) is 41.1 Å². The molecule has 1 aromatic heterocycles. The zero-order chi connectivity index (χ0) is 27.2. The summed E-state index contributed by atoms with van der Waals surface area (Å²) in [5, 5.41) is 1.70. The van der Waals surface area contributed by atoms with Gasteiger partial charge in [-0.3, -0.25) is 9.59 Å². The second-order valence-corrected chi connectivity index (χ2v) is 10.4. The number of carbonyl (C=O) groups is 2. The minimum Gasteiger partial charge on any atom is -0.490 e. The van der Waals surface area contributed by atoms with Crippen LogP contribution in [0.4, 0.5) is 0 Å². The molecule has 0 N–H and O–H groups in total. The highest BCUT2D eigenvalue weighted by molar-refractivity contribution is 6.30. The number of hydrogen-bond donors (Lipinski definition) is 0. The van der Waals surface area contributed by atoms with Gasteiger partial charge < -0.3 is 23.8 Å². The first-order valence-electron chi connectivity index (χ1n) is 13.0. The van der Waals surface area contributed by atoms with Crippen LogP contribution in [0.25, 0.3) is 10.9 Å². The van der Waals surface area contributed by atoms with Crippen LogP contribution in [0, 0.1) is 0 Å². The van der Waals surface area contributed by atoms with Gasteiger partial charge in [0.1, 0.15) is 24.5 Å². The molecule has 5 rings (SSSR count). The first kappa shape index (κ1) is 26.8. The monoisotopic (exact) mass is 545 g/mol. The molecule has 0 spiro atoms. The lowest BCUT2D eigenvalue weighted by atomic mass is 9.96. The molecule has 3 aromatic carbocycles. The quantitative estimate of drug-likeness (QED) is 0.296. The molecule has 8 heteroatoms. The summed E-state index contributed by atoms with van der Waals surface area (Å²) in [5.74, 6) is 0.514. The summed E-state index contributed by atoms with van der Waals surface area (Å²) in [6, 6.07) is 26.9. The maximum absolute atomic E-state index is 13.5. The van der Waals surface area contributed by atoms with Crippen molar-refractivity contribution < 1.29 is 19.1 Å². The van der Waals surface area contributed by atoms with Gasteiger partial charge in [-0.1, -0.05) is 60.1 Å². The summed E-state index contributed by atoms with van der Waals surface area (Å²) in [5.41, 5.74) is 1.06. The molecule has 0 aliphatic carbocycles. The Hall–Kier alpha value is -3.81. The summed E-state index contributed by atoms with van der Waals surface area (Å²) in [6.45, 7) is 1.84. The van der Waals surface area contributed by atoms with E-state index >= 15 is 0 Å². The van der Waals surface area contributed by atoms with Gasteiger partial charge in [0.05, 0.1) is 19.6 Å². The highest BCUT2D eigenvalue weighted by Gasteiger charge is 2.42. The average molecular weight is 546 g/mol. The number of rotatable bonds is 9. The molecule has 202 valence electrons. The van der Waals surface area contributed by atoms with E-state index in [2.05, 4.69) is 0 Å². The van der Waals surface area contributed by atoms with Crippen LogP contribution in [0.5, 0.6) is 5.75 Å². The van der Waals surface area contributed by atoms with E-state index in [1.807, 2.05) is 71.4 Å². The Labute approximate surface area is 233 Å². The SMILES string of the molecule is CN(Cc1ccccc1)C(=O)CC1(COc2ccc(Cl)cc2)CN(C(=O)Cn2ccc3ccccc32)CCO1. The number of aromatic nitrogens is 1. The van der Waals surface area contributed by atoms with Crippen LogP contribution < -0.4 is 4.74 Å². The van der Waals surface area contributed by atoms with Gasteiger partial charge in [-0.2, -0.15) is 0 Å². The smallest absolute Gasteiger partial charge is 0.242 e. The van der Waals surface area contributed by atoms with Crippen molar-refractivity contribution in [2.45, 2.75) is 25.1 Å². The molecule has 2 amide bonds. The molecule has 1 aliphatic rings. The lowest BCUT2D eigenvalue weighted by molar-refractivity contribution is -0.166. The summed E-state index contributed by atoms with van der Waals surface area (Å²) in [4.78, 5) is 30.4. The number of ether oxygens (including phenoxy) is 2. The van der Waals surface area contributed by atoms with Gasteiger partial charge in [-0.15, -0.1) is 0 Å². The molecule has 4 aromatic rings. The Morgan fingerprint density at radius 3 is 2.54 bits per heavy atom. The normalized spacial score (nSPS) is 17.2. The highest BCUT2D eigenvalue weighted by Crippen LogP contribution is 2.27. The lowest BCUT2D eigenvalue weighted by Crippen LogP contribution is -2.58. The van der Waals surface area contributed by atoms with Crippen molar-refractivity contribution in [1.29, 1.82) is 0 Å². The molecule has 1 aliphatic heterocycles. The molecule has 1 fully saturated rings. The highest BCUT2D eigenvalue weighted by atomic mass is 35.5. The summed E-state index contributed by atoms with van der Waals surface area (Å²) in [7, 11) is 1.78. The maximum Gasteiger partial charge on any atom is 0.242 e. The van der Waals surface area contributed by atoms with Crippen LogP contribution in [-0.4, -0.2) is 65.1 Å². The predicted octanol–water partition coefficient (Wildman–Crippen LogP) is 5.02. The maximum atomic E-state index is 13.5. The minimum atomic E-state index is -0.992. The number of fused-ring (bicyclic) bond motifs is 1. The van der Waals surface area contributed by atoms with Gasteiger partial charge in [-0.05, 0) is 47.3 Å². The minimum absolute atomic E-state index is 0.0272. The number of para-hydroxylation sites is 1. The number of benzene rings is 3. The van der Waals surface area contributed by atoms with Gasteiger partial charge in [0.2, 0.25) is 11.8 Å². The van der Waals surface area contributed by atoms with Crippen molar-refractivity contribution in [1.82, 2.24) is 14.4 Å². The molecular weight excluding hydrogens is 514 g/mol. The van der Waals surface area contributed by atoms with E-state index in [0.29, 0.717) is 30.5 Å². The van der Waals surface area contributed by atoms with E-state index in [1.165, 1.54) is 0 Å². The van der Waals surface area contributed by atoms with E-state index in [-0.39, 0.29) is 37.9 Å². The van der Waals surface area contributed by atoms with Crippen molar-refractivity contribution in [2.75, 3.05) is 33.4 Å². The summed E-state index contributed by atoms with van der Waals surface area (Å²) < 4.78 is 14.3. The number of carbonyl (C=O) groups excluding carboxylic acids is 2. The second-order valence-electron chi connectivity index (χ2n) is 10.0. The Balaban J connectivity index is 1.32. The Morgan fingerprint density at radius 1 is 1.00 bits per heavy atom. The van der Waals surface area contributed by atoms with Crippen molar-refractivity contribution >= 4 is 34.3 Å². The standard InChI is InChI=1S/C31H32ClN3O4/c1-33(20-24-7-3-2-4-8-24)29(36)19-31(23-38-27-13-11-26(32)12-14-27)22-35(17-18-39-31)30(37)21-34-16-15-25-9-5-6-10-28(25)34/h2-16H,17-23H2,1H3. The first-order valence-corrected chi connectivity index (χ1v) is 13.4. The van der Waals surface area contributed by atoms with Crippen molar-refractivity contribution in [3.63, 3.8) is 0 Å².